The lowest BCUT2D eigenvalue weighted by Crippen LogP contribution is -2.30. The van der Waals surface area contributed by atoms with E-state index in [-0.39, 0.29) is 31.1 Å². The predicted molar refractivity (Wildman–Crippen MR) is 339 cm³/mol. The third kappa shape index (κ3) is 63.7. The summed E-state index contributed by atoms with van der Waals surface area (Å²) in [4.78, 5) is 38.3. The van der Waals surface area contributed by atoms with Gasteiger partial charge in [-0.15, -0.1) is 0 Å². The lowest BCUT2D eigenvalue weighted by molar-refractivity contribution is -0.167. The molecular weight excluding hydrogens is 961 g/mol. The summed E-state index contributed by atoms with van der Waals surface area (Å²) < 4.78 is 16.9. The molecule has 0 aliphatic heterocycles. The number of rotatable bonds is 62. The lowest BCUT2D eigenvalue weighted by Gasteiger charge is -2.18. The van der Waals surface area contributed by atoms with Crippen molar-refractivity contribution in [3.63, 3.8) is 0 Å². The first-order valence-corrected chi connectivity index (χ1v) is 33.9. The summed E-state index contributed by atoms with van der Waals surface area (Å²) in [5.41, 5.74) is 0. The maximum Gasteiger partial charge on any atom is 0.306 e. The molecule has 6 heteroatoms. The molecule has 0 rings (SSSR count). The van der Waals surface area contributed by atoms with Gasteiger partial charge in [0.25, 0.3) is 0 Å². The Hall–Kier alpha value is -3.15. The molecule has 0 bridgehead atoms. The Morgan fingerprint density at radius 1 is 0.269 bits per heavy atom. The molecule has 1 unspecified atom stereocenters. The summed E-state index contributed by atoms with van der Waals surface area (Å²) in [6.07, 6.45) is 86.5. The average Bonchev–Trinajstić information content (AvgIpc) is 3.44. The summed E-state index contributed by atoms with van der Waals surface area (Å²) in [6.45, 7) is 6.55. The molecule has 0 radical (unpaired) electrons. The predicted octanol–water partition coefficient (Wildman–Crippen LogP) is 23.3. The van der Waals surface area contributed by atoms with Gasteiger partial charge in [-0.3, -0.25) is 14.4 Å². The molecule has 452 valence electrons. The van der Waals surface area contributed by atoms with Gasteiger partial charge >= 0.3 is 17.9 Å². The van der Waals surface area contributed by atoms with Crippen molar-refractivity contribution in [2.45, 2.75) is 354 Å². The quantitative estimate of drug-likeness (QED) is 0.0261. The molecule has 0 aromatic carbocycles. The third-order valence-corrected chi connectivity index (χ3v) is 15.0. The van der Waals surface area contributed by atoms with Gasteiger partial charge in [-0.1, -0.05) is 331 Å². The van der Waals surface area contributed by atoms with Crippen LogP contribution in [0.2, 0.25) is 0 Å². The van der Waals surface area contributed by atoms with Crippen LogP contribution in [-0.4, -0.2) is 37.2 Å². The fourth-order valence-corrected chi connectivity index (χ4v) is 9.92. The van der Waals surface area contributed by atoms with Crippen LogP contribution in [-0.2, 0) is 28.6 Å². The summed E-state index contributed by atoms with van der Waals surface area (Å²) in [5.74, 6) is -0.866. The van der Waals surface area contributed by atoms with Gasteiger partial charge in [0.05, 0.1) is 0 Å². The molecule has 0 amide bonds. The average molecular weight is 1090 g/mol. The minimum atomic E-state index is -0.776. The molecule has 6 nitrogen and oxygen atoms in total. The maximum atomic E-state index is 12.9. The first kappa shape index (κ1) is 74.8. The Balaban J connectivity index is 4.18. The van der Waals surface area contributed by atoms with E-state index in [0.717, 1.165) is 103 Å². The zero-order valence-electron chi connectivity index (χ0n) is 51.9. The van der Waals surface area contributed by atoms with Gasteiger partial charge in [0.2, 0.25) is 0 Å². The van der Waals surface area contributed by atoms with Crippen molar-refractivity contribution in [1.29, 1.82) is 0 Å². The van der Waals surface area contributed by atoms with Crippen molar-refractivity contribution in [2.75, 3.05) is 13.2 Å². The highest BCUT2D eigenvalue weighted by atomic mass is 16.6. The van der Waals surface area contributed by atoms with E-state index in [1.165, 1.54) is 205 Å². The summed E-state index contributed by atoms with van der Waals surface area (Å²) in [5, 5.41) is 0. The van der Waals surface area contributed by atoms with Crippen LogP contribution in [0.5, 0.6) is 0 Å². The normalized spacial score (nSPS) is 12.5. The van der Waals surface area contributed by atoms with E-state index < -0.39 is 6.10 Å². The SMILES string of the molecule is CC/C=C\C/C=C\C/C=C\C/C=C\C/C=C\C/C=C\CCCCCCCCCCC(=O)OCC(COC(=O)CCCCCCCCCCC)OC(=O)CCCCCCCCCCCCCCCCCCCCCCCCCC. The van der Waals surface area contributed by atoms with Gasteiger partial charge in [-0.2, -0.15) is 0 Å². The fourth-order valence-electron chi connectivity index (χ4n) is 9.92. The number of hydrogen-bond donors (Lipinski definition) is 0. The maximum absolute atomic E-state index is 12.9. The molecular formula is C72H128O6. The standard InChI is InChI=1S/C72H128O6/c1-4-7-10-13-16-19-21-23-25-27-29-31-33-35-36-37-39-40-42-44-46-48-50-53-56-59-62-65-71(74)77-68-69(67-76-70(73)64-61-58-55-52-18-15-12-9-6-3)78-72(75)66-63-60-57-54-51-49-47-45-43-41-38-34-32-30-28-26-24-22-20-17-14-11-8-5-2/h7,10,16,19,23,25,29,31,35-36,39-40,69H,4-6,8-9,11-15,17-18,20-22,24,26-28,30,32-34,37-38,41-68H2,1-3H3/b10-7-,19-16-,25-23-,31-29-,36-35-,40-39-. The first-order chi connectivity index (χ1) is 38.5. The molecule has 78 heavy (non-hydrogen) atoms. The summed E-state index contributed by atoms with van der Waals surface area (Å²) in [6, 6.07) is 0. The highest BCUT2D eigenvalue weighted by molar-refractivity contribution is 5.71. The van der Waals surface area contributed by atoms with Gasteiger partial charge in [-0.05, 0) is 70.6 Å². The van der Waals surface area contributed by atoms with Crippen molar-refractivity contribution in [3.05, 3.63) is 72.9 Å². The van der Waals surface area contributed by atoms with Gasteiger partial charge < -0.3 is 14.2 Å². The van der Waals surface area contributed by atoms with Crippen LogP contribution in [0.1, 0.15) is 348 Å². The number of hydrogen-bond acceptors (Lipinski definition) is 6. The second-order valence-corrected chi connectivity index (χ2v) is 22.7. The molecule has 1 atom stereocenters. The second-order valence-electron chi connectivity index (χ2n) is 22.7. The Morgan fingerprint density at radius 3 is 0.782 bits per heavy atom. The fraction of sp³-hybridized carbons (Fsp3) is 0.792. The van der Waals surface area contributed by atoms with E-state index in [1.807, 2.05) is 0 Å². The van der Waals surface area contributed by atoms with E-state index in [1.54, 1.807) is 0 Å². The van der Waals surface area contributed by atoms with Gasteiger partial charge in [0.1, 0.15) is 13.2 Å². The molecule has 0 fully saturated rings. The molecule has 0 aliphatic rings. The van der Waals surface area contributed by atoms with Crippen LogP contribution in [0.25, 0.3) is 0 Å². The lowest BCUT2D eigenvalue weighted by atomic mass is 10.0. The minimum absolute atomic E-state index is 0.0733. The molecule has 0 heterocycles. The number of carbonyl (C=O) groups excluding carboxylic acids is 3. The van der Waals surface area contributed by atoms with Crippen molar-refractivity contribution in [1.82, 2.24) is 0 Å². The zero-order chi connectivity index (χ0) is 56.4. The highest BCUT2D eigenvalue weighted by Crippen LogP contribution is 2.18. The third-order valence-electron chi connectivity index (χ3n) is 15.0. The first-order valence-electron chi connectivity index (χ1n) is 33.9. The number of esters is 3. The Morgan fingerprint density at radius 2 is 0.500 bits per heavy atom. The van der Waals surface area contributed by atoms with Gasteiger partial charge in [-0.25, -0.2) is 0 Å². The molecule has 0 aromatic heterocycles. The second kappa shape index (κ2) is 66.4. The molecule has 0 aromatic rings. The van der Waals surface area contributed by atoms with Crippen molar-refractivity contribution < 1.29 is 28.6 Å². The Kier molecular flexibility index (Phi) is 63.7. The summed E-state index contributed by atoms with van der Waals surface area (Å²) in [7, 11) is 0. The Bertz CT molecular complexity index is 1440. The molecule has 0 saturated heterocycles. The van der Waals surface area contributed by atoms with Gasteiger partial charge in [0, 0.05) is 19.3 Å². The number of carbonyl (C=O) groups is 3. The van der Waals surface area contributed by atoms with Crippen LogP contribution >= 0.6 is 0 Å². The number of ether oxygens (including phenoxy) is 3. The van der Waals surface area contributed by atoms with E-state index >= 15 is 0 Å². The van der Waals surface area contributed by atoms with E-state index in [4.69, 9.17) is 14.2 Å². The largest absolute Gasteiger partial charge is 0.462 e. The smallest absolute Gasteiger partial charge is 0.306 e. The number of unbranched alkanes of at least 4 members (excludes halogenated alkanes) is 39. The topological polar surface area (TPSA) is 78.9 Å². The number of allylic oxidation sites excluding steroid dienone is 12. The van der Waals surface area contributed by atoms with E-state index in [9.17, 15) is 14.4 Å². The minimum Gasteiger partial charge on any atom is -0.462 e. The molecule has 0 saturated carbocycles. The van der Waals surface area contributed by atoms with Crippen LogP contribution in [0.4, 0.5) is 0 Å². The Labute approximate surface area is 484 Å². The van der Waals surface area contributed by atoms with E-state index in [0.29, 0.717) is 19.3 Å². The monoisotopic (exact) mass is 1090 g/mol. The van der Waals surface area contributed by atoms with Crippen molar-refractivity contribution >= 4 is 17.9 Å². The van der Waals surface area contributed by atoms with Gasteiger partial charge in [0.15, 0.2) is 6.10 Å². The zero-order valence-corrected chi connectivity index (χ0v) is 51.9. The van der Waals surface area contributed by atoms with Crippen LogP contribution in [0, 0.1) is 0 Å². The molecule has 0 N–H and O–H groups in total. The van der Waals surface area contributed by atoms with Crippen molar-refractivity contribution in [3.8, 4) is 0 Å². The van der Waals surface area contributed by atoms with Crippen LogP contribution in [0.3, 0.4) is 0 Å². The summed E-state index contributed by atoms with van der Waals surface area (Å²) >= 11 is 0. The van der Waals surface area contributed by atoms with Crippen LogP contribution < -0.4 is 0 Å². The van der Waals surface area contributed by atoms with E-state index in [2.05, 4.69) is 93.7 Å². The van der Waals surface area contributed by atoms with Crippen LogP contribution in [0.15, 0.2) is 72.9 Å². The highest BCUT2D eigenvalue weighted by Gasteiger charge is 2.19. The molecule has 0 aliphatic carbocycles. The molecule has 0 spiro atoms. The van der Waals surface area contributed by atoms with Crippen molar-refractivity contribution in [2.24, 2.45) is 0 Å².